The Balaban J connectivity index is 2.01. The molecule has 1 aliphatic carbocycles. The van der Waals surface area contributed by atoms with Crippen LogP contribution < -0.4 is 5.32 Å². The number of hydrogen-bond acceptors (Lipinski definition) is 2. The molecule has 0 spiro atoms. The molecule has 1 heterocycles. The second kappa shape index (κ2) is 5.10. The number of aryl methyl sites for hydroxylation is 1. The lowest BCUT2D eigenvalue weighted by Gasteiger charge is -2.48. The maximum atomic E-state index is 3.58. The Labute approximate surface area is 119 Å². The number of likely N-dealkylation sites (N-methyl/N-ethyl adjacent to an activating group) is 1. The first-order chi connectivity index (χ1) is 9.26. The second-order valence-corrected chi connectivity index (χ2v) is 6.70. The van der Waals surface area contributed by atoms with E-state index in [1.165, 1.54) is 35.3 Å². The summed E-state index contributed by atoms with van der Waals surface area (Å²) in [4.78, 5) is 1.40. The summed E-state index contributed by atoms with van der Waals surface area (Å²) in [5.41, 5.74) is 3.24. The van der Waals surface area contributed by atoms with Gasteiger partial charge in [0.2, 0.25) is 0 Å². The van der Waals surface area contributed by atoms with Crippen LogP contribution in [0.5, 0.6) is 0 Å². The SMILES string of the molecule is CNC(c1csc(C)c1)C1(c2ccccc2)CCC1. The lowest BCUT2D eigenvalue weighted by Crippen LogP contribution is -2.45. The Morgan fingerprint density at radius 3 is 2.42 bits per heavy atom. The van der Waals surface area contributed by atoms with E-state index in [0.29, 0.717) is 11.5 Å². The van der Waals surface area contributed by atoms with Gasteiger partial charge in [-0.1, -0.05) is 36.8 Å². The van der Waals surface area contributed by atoms with Gasteiger partial charge in [0, 0.05) is 16.3 Å². The van der Waals surface area contributed by atoms with Crippen LogP contribution in [-0.4, -0.2) is 7.05 Å². The van der Waals surface area contributed by atoms with Gasteiger partial charge in [0.1, 0.15) is 0 Å². The molecule has 0 radical (unpaired) electrons. The van der Waals surface area contributed by atoms with Crippen molar-refractivity contribution in [1.82, 2.24) is 5.32 Å². The molecule has 1 N–H and O–H groups in total. The third-order valence-electron chi connectivity index (χ3n) is 4.52. The molecule has 1 aromatic heterocycles. The van der Waals surface area contributed by atoms with Crippen LogP contribution in [0.15, 0.2) is 41.8 Å². The van der Waals surface area contributed by atoms with Crippen molar-refractivity contribution in [1.29, 1.82) is 0 Å². The van der Waals surface area contributed by atoms with Crippen molar-refractivity contribution in [2.75, 3.05) is 7.05 Å². The smallest absolute Gasteiger partial charge is 0.0424 e. The molecule has 19 heavy (non-hydrogen) atoms. The monoisotopic (exact) mass is 271 g/mol. The summed E-state index contributed by atoms with van der Waals surface area (Å²) < 4.78 is 0. The fourth-order valence-corrected chi connectivity index (χ4v) is 4.18. The van der Waals surface area contributed by atoms with Crippen LogP contribution in [0.4, 0.5) is 0 Å². The van der Waals surface area contributed by atoms with E-state index in [1.54, 1.807) is 0 Å². The first-order valence-electron chi connectivity index (χ1n) is 7.04. The van der Waals surface area contributed by atoms with E-state index in [4.69, 9.17) is 0 Å². The summed E-state index contributed by atoms with van der Waals surface area (Å²) >= 11 is 1.85. The van der Waals surface area contributed by atoms with E-state index in [2.05, 4.69) is 61.1 Å². The molecule has 1 unspecified atom stereocenters. The van der Waals surface area contributed by atoms with Crippen LogP contribution in [0.1, 0.15) is 41.3 Å². The molecule has 1 aromatic carbocycles. The van der Waals surface area contributed by atoms with Crippen molar-refractivity contribution in [3.8, 4) is 0 Å². The number of nitrogens with one attached hydrogen (secondary N) is 1. The normalized spacial score (nSPS) is 18.8. The average molecular weight is 271 g/mol. The second-order valence-electron chi connectivity index (χ2n) is 5.59. The molecule has 1 nitrogen and oxygen atoms in total. The fourth-order valence-electron chi connectivity index (χ4n) is 3.45. The van der Waals surface area contributed by atoms with Crippen LogP contribution in [0.2, 0.25) is 0 Å². The maximum absolute atomic E-state index is 3.58. The molecular weight excluding hydrogens is 250 g/mol. The van der Waals surface area contributed by atoms with Crippen LogP contribution >= 0.6 is 11.3 Å². The van der Waals surface area contributed by atoms with Crippen molar-refractivity contribution in [2.45, 2.75) is 37.6 Å². The minimum Gasteiger partial charge on any atom is -0.312 e. The van der Waals surface area contributed by atoms with Crippen LogP contribution in [0, 0.1) is 6.92 Å². The van der Waals surface area contributed by atoms with Gasteiger partial charge >= 0.3 is 0 Å². The molecule has 0 bridgehead atoms. The predicted molar refractivity (Wildman–Crippen MR) is 82.8 cm³/mol. The van der Waals surface area contributed by atoms with Gasteiger partial charge in [-0.15, -0.1) is 11.3 Å². The first kappa shape index (κ1) is 12.9. The van der Waals surface area contributed by atoms with Crippen LogP contribution in [-0.2, 0) is 5.41 Å². The van der Waals surface area contributed by atoms with Gasteiger partial charge < -0.3 is 5.32 Å². The van der Waals surface area contributed by atoms with Crippen molar-refractivity contribution in [3.05, 3.63) is 57.8 Å². The molecule has 0 saturated heterocycles. The van der Waals surface area contributed by atoms with E-state index in [9.17, 15) is 0 Å². The zero-order valence-corrected chi connectivity index (χ0v) is 12.5. The highest BCUT2D eigenvalue weighted by Crippen LogP contribution is 2.52. The van der Waals surface area contributed by atoms with Crippen LogP contribution in [0.25, 0.3) is 0 Å². The lowest BCUT2D eigenvalue weighted by molar-refractivity contribution is 0.176. The molecule has 1 aliphatic rings. The Morgan fingerprint density at radius 1 is 1.21 bits per heavy atom. The number of hydrogen-bond donors (Lipinski definition) is 1. The maximum Gasteiger partial charge on any atom is 0.0424 e. The lowest BCUT2D eigenvalue weighted by atomic mass is 9.59. The minimum absolute atomic E-state index is 0.295. The predicted octanol–water partition coefficient (Wildman–Crippen LogP) is 4.44. The van der Waals surface area contributed by atoms with Crippen molar-refractivity contribution >= 4 is 11.3 Å². The van der Waals surface area contributed by atoms with Crippen molar-refractivity contribution in [2.24, 2.45) is 0 Å². The van der Waals surface area contributed by atoms with E-state index in [0.717, 1.165) is 0 Å². The van der Waals surface area contributed by atoms with E-state index in [-0.39, 0.29) is 0 Å². The molecule has 3 rings (SSSR count). The third kappa shape index (κ3) is 2.13. The van der Waals surface area contributed by atoms with Gasteiger partial charge in [0.15, 0.2) is 0 Å². The summed E-state index contributed by atoms with van der Waals surface area (Å²) in [6.45, 7) is 2.19. The fraction of sp³-hybridized carbons (Fsp3) is 0.412. The standard InChI is InChI=1S/C17H21NS/c1-13-11-14(12-19-13)16(18-2)17(9-6-10-17)15-7-4-3-5-8-15/h3-5,7-8,11-12,16,18H,6,9-10H2,1-2H3. The molecule has 0 aliphatic heterocycles. The Bertz CT molecular complexity index is 539. The molecule has 100 valence electrons. The van der Waals surface area contributed by atoms with E-state index >= 15 is 0 Å². The van der Waals surface area contributed by atoms with E-state index < -0.39 is 0 Å². The van der Waals surface area contributed by atoms with Gasteiger partial charge in [-0.25, -0.2) is 0 Å². The molecule has 1 fully saturated rings. The number of rotatable bonds is 4. The average Bonchev–Trinajstić information content (AvgIpc) is 2.81. The zero-order chi connectivity index (χ0) is 13.3. The highest BCUT2D eigenvalue weighted by Gasteiger charge is 2.45. The van der Waals surface area contributed by atoms with Gasteiger partial charge in [-0.3, -0.25) is 0 Å². The largest absolute Gasteiger partial charge is 0.312 e. The van der Waals surface area contributed by atoms with Crippen molar-refractivity contribution in [3.63, 3.8) is 0 Å². The third-order valence-corrected chi connectivity index (χ3v) is 5.40. The summed E-state index contributed by atoms with van der Waals surface area (Å²) in [6.07, 6.45) is 3.92. The quantitative estimate of drug-likeness (QED) is 0.867. The molecule has 1 saturated carbocycles. The molecule has 2 aromatic rings. The molecule has 0 amide bonds. The first-order valence-corrected chi connectivity index (χ1v) is 7.92. The van der Waals surface area contributed by atoms with E-state index in [1.807, 2.05) is 11.3 Å². The molecular formula is C17H21NS. The van der Waals surface area contributed by atoms with Gasteiger partial charge in [0.05, 0.1) is 0 Å². The number of benzene rings is 1. The summed E-state index contributed by atoms with van der Waals surface area (Å²) in [5.74, 6) is 0. The Kier molecular flexibility index (Phi) is 3.46. The van der Waals surface area contributed by atoms with Gasteiger partial charge in [-0.05, 0) is 49.4 Å². The summed E-state index contributed by atoms with van der Waals surface area (Å²) in [7, 11) is 2.10. The minimum atomic E-state index is 0.295. The zero-order valence-electron chi connectivity index (χ0n) is 11.6. The summed E-state index contributed by atoms with van der Waals surface area (Å²) in [5, 5.41) is 5.90. The van der Waals surface area contributed by atoms with Crippen molar-refractivity contribution < 1.29 is 0 Å². The summed E-state index contributed by atoms with van der Waals surface area (Å²) in [6, 6.07) is 13.8. The number of thiophene rings is 1. The van der Waals surface area contributed by atoms with Gasteiger partial charge in [-0.2, -0.15) is 0 Å². The topological polar surface area (TPSA) is 12.0 Å². The highest BCUT2D eigenvalue weighted by molar-refractivity contribution is 7.10. The highest BCUT2D eigenvalue weighted by atomic mass is 32.1. The Hall–Kier alpha value is -1.12. The Morgan fingerprint density at radius 2 is 1.95 bits per heavy atom. The molecule has 2 heteroatoms. The van der Waals surface area contributed by atoms with Crippen LogP contribution in [0.3, 0.4) is 0 Å². The van der Waals surface area contributed by atoms with Gasteiger partial charge in [0.25, 0.3) is 0 Å². The molecule has 1 atom stereocenters.